The van der Waals surface area contributed by atoms with Crippen molar-refractivity contribution in [2.24, 2.45) is 4.99 Å². The molecule has 1 unspecified atom stereocenters. The van der Waals surface area contributed by atoms with Crippen LogP contribution in [0.25, 0.3) is 22.2 Å². The zero-order valence-electron chi connectivity index (χ0n) is 19.3. The van der Waals surface area contributed by atoms with Crippen LogP contribution in [-0.4, -0.2) is 23.0 Å². The number of benzene rings is 3. The quantitative estimate of drug-likeness (QED) is 0.368. The Morgan fingerprint density at radius 2 is 1.69 bits per heavy atom. The van der Waals surface area contributed by atoms with E-state index in [4.69, 9.17) is 9.73 Å². The van der Waals surface area contributed by atoms with Gasteiger partial charge in [0.2, 0.25) is 0 Å². The number of hydrogen-bond acceptors (Lipinski definition) is 2. The van der Waals surface area contributed by atoms with Gasteiger partial charge in [-0.2, -0.15) is 0 Å². The molecule has 3 nitrogen and oxygen atoms in total. The minimum Gasteiger partial charge on any atom is -0.478 e. The van der Waals surface area contributed by atoms with Crippen LogP contribution in [0, 0.1) is 6.92 Å². The third-order valence-corrected chi connectivity index (χ3v) is 6.33. The summed E-state index contributed by atoms with van der Waals surface area (Å²) in [5, 5.41) is 1.21. The standard InChI is InChI=1S/C29H30N2O/c1-5-20-12-16-21(17-13-20)25(28-31-29(3,4)18-32-28)26-23-8-6-7-9-24(23)30-27(26)22-14-10-19(2)11-15-22/h6-17,25,30H,5,18H2,1-4H3. The van der Waals surface area contributed by atoms with Gasteiger partial charge in [-0.15, -0.1) is 0 Å². The van der Waals surface area contributed by atoms with Crippen molar-refractivity contribution in [3.8, 4) is 11.3 Å². The fraction of sp³-hybridized carbons (Fsp3) is 0.276. The number of aryl methyl sites for hydroxylation is 2. The zero-order chi connectivity index (χ0) is 22.3. The average Bonchev–Trinajstić information content (AvgIpc) is 3.35. The maximum Gasteiger partial charge on any atom is 0.196 e. The minimum absolute atomic E-state index is 0.0739. The number of fused-ring (bicyclic) bond motifs is 1. The molecule has 1 atom stereocenters. The van der Waals surface area contributed by atoms with E-state index in [0.29, 0.717) is 6.61 Å². The van der Waals surface area contributed by atoms with Crippen LogP contribution in [-0.2, 0) is 11.2 Å². The highest BCUT2D eigenvalue weighted by molar-refractivity contribution is 6.00. The number of aliphatic imine (C=N–C) groups is 1. The smallest absolute Gasteiger partial charge is 0.196 e. The van der Waals surface area contributed by atoms with E-state index in [1.165, 1.54) is 33.2 Å². The molecule has 1 aliphatic rings. The highest BCUT2D eigenvalue weighted by atomic mass is 16.5. The van der Waals surface area contributed by atoms with Gasteiger partial charge < -0.3 is 9.72 Å². The maximum absolute atomic E-state index is 6.26. The zero-order valence-corrected chi connectivity index (χ0v) is 19.3. The van der Waals surface area contributed by atoms with Crippen molar-refractivity contribution in [2.75, 3.05) is 6.61 Å². The summed E-state index contributed by atoms with van der Waals surface area (Å²) in [4.78, 5) is 8.74. The second kappa shape index (κ2) is 7.98. The van der Waals surface area contributed by atoms with Gasteiger partial charge in [-0.3, -0.25) is 0 Å². The molecule has 3 heteroatoms. The van der Waals surface area contributed by atoms with Crippen LogP contribution in [0.1, 0.15) is 48.9 Å². The van der Waals surface area contributed by atoms with E-state index < -0.39 is 0 Å². The van der Waals surface area contributed by atoms with Crippen molar-refractivity contribution in [3.05, 3.63) is 95.1 Å². The van der Waals surface area contributed by atoms with Crippen LogP contribution in [0.3, 0.4) is 0 Å². The van der Waals surface area contributed by atoms with Crippen LogP contribution in [0.2, 0.25) is 0 Å². The lowest BCUT2D eigenvalue weighted by Crippen LogP contribution is -2.17. The molecule has 162 valence electrons. The fourth-order valence-corrected chi connectivity index (χ4v) is 4.55. The van der Waals surface area contributed by atoms with E-state index in [0.717, 1.165) is 23.5 Å². The monoisotopic (exact) mass is 422 g/mol. The van der Waals surface area contributed by atoms with Gasteiger partial charge in [0.15, 0.2) is 5.90 Å². The molecular weight excluding hydrogens is 392 g/mol. The predicted molar refractivity (Wildman–Crippen MR) is 134 cm³/mol. The molecule has 0 fully saturated rings. The van der Waals surface area contributed by atoms with E-state index in [1.54, 1.807) is 0 Å². The summed E-state index contributed by atoms with van der Waals surface area (Å²) in [5.41, 5.74) is 8.24. The molecule has 4 aromatic rings. The molecule has 0 spiro atoms. The molecule has 32 heavy (non-hydrogen) atoms. The lowest BCUT2D eigenvalue weighted by Gasteiger charge is -2.20. The Labute approximate surface area is 190 Å². The predicted octanol–water partition coefficient (Wildman–Crippen LogP) is 7.04. The van der Waals surface area contributed by atoms with E-state index >= 15 is 0 Å². The van der Waals surface area contributed by atoms with Crippen molar-refractivity contribution in [2.45, 2.75) is 45.6 Å². The average molecular weight is 423 g/mol. The van der Waals surface area contributed by atoms with Crippen molar-refractivity contribution < 1.29 is 4.74 Å². The Bertz CT molecular complexity index is 1280. The van der Waals surface area contributed by atoms with Gasteiger partial charge in [-0.1, -0.05) is 79.2 Å². The van der Waals surface area contributed by atoms with E-state index in [2.05, 4.69) is 105 Å². The van der Waals surface area contributed by atoms with E-state index in [-0.39, 0.29) is 11.5 Å². The first kappa shape index (κ1) is 20.6. The fourth-order valence-electron chi connectivity index (χ4n) is 4.55. The van der Waals surface area contributed by atoms with E-state index in [1.807, 2.05) is 0 Å². The highest BCUT2D eigenvalue weighted by Crippen LogP contribution is 2.41. The third-order valence-electron chi connectivity index (χ3n) is 6.33. The summed E-state index contributed by atoms with van der Waals surface area (Å²) in [6.45, 7) is 9.18. The summed E-state index contributed by atoms with van der Waals surface area (Å²) in [5.74, 6) is 0.729. The minimum atomic E-state index is -0.215. The number of aromatic nitrogens is 1. The first-order valence-electron chi connectivity index (χ1n) is 11.4. The molecule has 5 rings (SSSR count). The Morgan fingerprint density at radius 1 is 0.969 bits per heavy atom. The van der Waals surface area contributed by atoms with Gasteiger partial charge in [0.1, 0.15) is 6.61 Å². The molecule has 2 heterocycles. The second-order valence-corrected chi connectivity index (χ2v) is 9.40. The summed E-state index contributed by atoms with van der Waals surface area (Å²) < 4.78 is 6.26. The summed E-state index contributed by atoms with van der Waals surface area (Å²) >= 11 is 0. The van der Waals surface area contributed by atoms with Crippen LogP contribution >= 0.6 is 0 Å². The number of nitrogens with zero attached hydrogens (tertiary/aromatic N) is 1. The van der Waals surface area contributed by atoms with Crippen LogP contribution in [0.4, 0.5) is 0 Å². The topological polar surface area (TPSA) is 37.4 Å². The van der Waals surface area contributed by atoms with Crippen molar-refractivity contribution in [1.29, 1.82) is 0 Å². The molecule has 1 N–H and O–H groups in total. The van der Waals surface area contributed by atoms with Gasteiger partial charge in [-0.25, -0.2) is 4.99 Å². The van der Waals surface area contributed by atoms with Crippen molar-refractivity contribution >= 4 is 16.8 Å². The molecule has 0 radical (unpaired) electrons. The second-order valence-electron chi connectivity index (χ2n) is 9.40. The maximum atomic E-state index is 6.26. The van der Waals surface area contributed by atoms with Gasteiger partial charge in [0.25, 0.3) is 0 Å². The molecule has 3 aromatic carbocycles. The van der Waals surface area contributed by atoms with Crippen molar-refractivity contribution in [3.63, 3.8) is 0 Å². The van der Waals surface area contributed by atoms with Crippen molar-refractivity contribution in [1.82, 2.24) is 4.98 Å². The summed E-state index contributed by atoms with van der Waals surface area (Å²) in [6, 6.07) is 26.2. The number of rotatable bonds is 5. The van der Waals surface area contributed by atoms with Gasteiger partial charge in [0.05, 0.1) is 17.2 Å². The van der Waals surface area contributed by atoms with Gasteiger partial charge in [0, 0.05) is 16.5 Å². The number of hydrogen-bond donors (Lipinski definition) is 1. The first-order chi connectivity index (χ1) is 15.4. The SMILES string of the molecule is CCc1ccc(C(C2=NC(C)(C)CO2)c2c(-c3ccc(C)cc3)[nH]c3ccccc23)cc1. The van der Waals surface area contributed by atoms with Crippen LogP contribution < -0.4 is 0 Å². The van der Waals surface area contributed by atoms with Crippen LogP contribution in [0.5, 0.6) is 0 Å². The first-order valence-corrected chi connectivity index (χ1v) is 11.4. The highest BCUT2D eigenvalue weighted by Gasteiger charge is 2.35. The summed E-state index contributed by atoms with van der Waals surface area (Å²) in [6.07, 6.45) is 1.02. The lowest BCUT2D eigenvalue weighted by atomic mass is 9.86. The normalized spacial score (nSPS) is 16.1. The molecule has 0 bridgehead atoms. The third kappa shape index (κ3) is 3.73. The number of para-hydroxylation sites is 1. The molecule has 0 aliphatic carbocycles. The number of aromatic amines is 1. The van der Waals surface area contributed by atoms with Gasteiger partial charge in [-0.05, 0) is 49.9 Å². The van der Waals surface area contributed by atoms with Crippen LogP contribution in [0.15, 0.2) is 77.8 Å². The Kier molecular flexibility index (Phi) is 5.13. The number of ether oxygens (including phenoxy) is 1. The number of nitrogens with one attached hydrogen (secondary N) is 1. The number of H-pyrrole nitrogens is 1. The Morgan fingerprint density at radius 3 is 2.34 bits per heavy atom. The molecule has 0 saturated carbocycles. The molecule has 1 aliphatic heterocycles. The molecule has 0 saturated heterocycles. The molecule has 0 amide bonds. The lowest BCUT2D eigenvalue weighted by molar-refractivity contribution is 0.273. The van der Waals surface area contributed by atoms with Gasteiger partial charge >= 0.3 is 0 Å². The molecular formula is C29H30N2O. The molecule has 1 aromatic heterocycles. The Balaban J connectivity index is 1.78. The van der Waals surface area contributed by atoms with E-state index in [9.17, 15) is 0 Å². The Hall–Kier alpha value is -3.33. The largest absolute Gasteiger partial charge is 0.478 e. The summed E-state index contributed by atoms with van der Waals surface area (Å²) in [7, 11) is 0.